The lowest BCUT2D eigenvalue weighted by atomic mass is 10.0. The van der Waals surface area contributed by atoms with E-state index in [0.717, 1.165) is 5.56 Å². The van der Waals surface area contributed by atoms with Gasteiger partial charge < -0.3 is 34.3 Å². The van der Waals surface area contributed by atoms with Crippen molar-refractivity contribution in [3.63, 3.8) is 0 Å². The molecule has 4 rings (SSSR count). The highest BCUT2D eigenvalue weighted by molar-refractivity contribution is 6.30. The van der Waals surface area contributed by atoms with E-state index in [9.17, 15) is 14.3 Å². The van der Waals surface area contributed by atoms with Gasteiger partial charge in [-0.05, 0) is 30.2 Å². The Bertz CT molecular complexity index is 1330. The fourth-order valence-corrected chi connectivity index (χ4v) is 4.63. The molecule has 1 atom stereocenters. The molecule has 1 aliphatic heterocycles. The second-order valence-electron chi connectivity index (χ2n) is 9.43. The van der Waals surface area contributed by atoms with Crippen LogP contribution in [0.4, 0.5) is 15.8 Å². The molecule has 8 nitrogen and oxygen atoms in total. The number of benzene rings is 3. The van der Waals surface area contributed by atoms with Crippen LogP contribution in [0.25, 0.3) is 0 Å². The Hall–Kier alpha value is -3.69. The molecule has 0 spiro atoms. The van der Waals surface area contributed by atoms with Crippen molar-refractivity contribution in [2.24, 2.45) is 0 Å². The lowest BCUT2D eigenvalue weighted by Gasteiger charge is -2.28. The molecule has 1 unspecified atom stereocenters. The predicted octanol–water partition coefficient (Wildman–Crippen LogP) is 5.56. The fraction of sp³-hybridized carbons (Fsp3) is 0.345. The van der Waals surface area contributed by atoms with Gasteiger partial charge in [-0.3, -0.25) is 4.79 Å². The number of hydrogen-bond donors (Lipinski definition) is 2. The minimum absolute atomic E-state index is 0.102. The van der Waals surface area contributed by atoms with Gasteiger partial charge in [-0.2, -0.15) is 4.39 Å². The number of amides is 1. The molecule has 3 aromatic rings. The summed E-state index contributed by atoms with van der Waals surface area (Å²) in [5.41, 5.74) is 2.72. The normalized spacial score (nSPS) is 13.5. The molecule has 0 aromatic heterocycles. The topological polar surface area (TPSA) is 89.5 Å². The van der Waals surface area contributed by atoms with Gasteiger partial charge in [-0.25, -0.2) is 0 Å². The highest BCUT2D eigenvalue weighted by atomic mass is 35.5. The Morgan fingerprint density at radius 1 is 1.08 bits per heavy atom. The summed E-state index contributed by atoms with van der Waals surface area (Å²) in [4.78, 5) is 15.9. The number of fused-ring (bicyclic) bond motifs is 1. The number of nitrogens with zero attached hydrogens (tertiary/aromatic N) is 1. The van der Waals surface area contributed by atoms with Gasteiger partial charge in [-0.1, -0.05) is 23.7 Å². The number of alkyl halides is 1. The largest absolute Gasteiger partial charge is 0.497 e. The van der Waals surface area contributed by atoms with Crippen LogP contribution in [0.2, 0.25) is 5.02 Å². The van der Waals surface area contributed by atoms with Crippen molar-refractivity contribution < 1.29 is 33.2 Å². The molecule has 39 heavy (non-hydrogen) atoms. The molecule has 3 aromatic carbocycles. The van der Waals surface area contributed by atoms with Gasteiger partial charge in [0.2, 0.25) is 5.85 Å². The second kappa shape index (κ2) is 12.0. The summed E-state index contributed by atoms with van der Waals surface area (Å²) in [6, 6.07) is 14.6. The Morgan fingerprint density at radius 2 is 1.85 bits per heavy atom. The third kappa shape index (κ3) is 6.85. The Labute approximate surface area is 232 Å². The molecule has 0 bridgehead atoms. The van der Waals surface area contributed by atoms with Crippen LogP contribution >= 0.6 is 11.6 Å². The molecule has 1 aliphatic rings. The van der Waals surface area contributed by atoms with Gasteiger partial charge in [0.1, 0.15) is 35.6 Å². The predicted molar refractivity (Wildman–Crippen MR) is 148 cm³/mol. The fourth-order valence-electron chi connectivity index (χ4n) is 4.47. The Balaban J connectivity index is 1.75. The second-order valence-corrected chi connectivity index (χ2v) is 9.87. The van der Waals surface area contributed by atoms with E-state index in [1.165, 1.54) is 28.1 Å². The van der Waals surface area contributed by atoms with Crippen LogP contribution in [-0.4, -0.2) is 50.8 Å². The molecule has 0 saturated heterocycles. The summed E-state index contributed by atoms with van der Waals surface area (Å²) >= 11 is 6.22. The first-order valence-electron chi connectivity index (χ1n) is 12.5. The average Bonchev–Trinajstić information content (AvgIpc) is 3.32. The molecule has 208 valence electrons. The van der Waals surface area contributed by atoms with Crippen molar-refractivity contribution in [3.05, 3.63) is 70.7 Å². The molecule has 1 amide bonds. The van der Waals surface area contributed by atoms with Crippen LogP contribution in [-0.2, 0) is 11.2 Å². The summed E-state index contributed by atoms with van der Waals surface area (Å²) in [6.07, 6.45) is 0.642. The molecule has 0 saturated carbocycles. The summed E-state index contributed by atoms with van der Waals surface area (Å²) in [6.45, 7) is 3.03. The van der Waals surface area contributed by atoms with E-state index in [0.29, 0.717) is 57.9 Å². The van der Waals surface area contributed by atoms with Crippen molar-refractivity contribution in [1.29, 1.82) is 0 Å². The van der Waals surface area contributed by atoms with Gasteiger partial charge in [0, 0.05) is 60.9 Å². The average molecular weight is 559 g/mol. The molecule has 0 fully saturated rings. The number of aliphatic hydroxyl groups is 1. The zero-order valence-corrected chi connectivity index (χ0v) is 23.0. The van der Waals surface area contributed by atoms with Crippen LogP contribution in [0.1, 0.15) is 31.0 Å². The number of nitrogens with one attached hydrogen (secondary N) is 1. The lowest BCUT2D eigenvalue weighted by molar-refractivity contribution is -0.119. The first-order valence-corrected chi connectivity index (χ1v) is 12.8. The maximum Gasteiger partial charge on any atom is 0.254 e. The smallest absolute Gasteiger partial charge is 0.254 e. The zero-order chi connectivity index (χ0) is 28.2. The van der Waals surface area contributed by atoms with Crippen molar-refractivity contribution in [3.8, 4) is 23.0 Å². The quantitative estimate of drug-likeness (QED) is 0.319. The summed E-state index contributed by atoms with van der Waals surface area (Å²) in [7, 11) is 3.04. The standard InChI is InChI=1S/C29H32ClFN2O6/c1-29(2,31)39-21-7-5-18-9-10-33(25(18)17-21)28(35)27(24-8-6-19(30)13-26(24)37-4)32-20-14-22(36-3)16-23(15-20)38-12-11-34/h5-8,13-17,27,32,34H,9-12H2,1-4H3. The minimum atomic E-state index is -1.87. The number of carbonyl (C=O) groups excluding carboxylic acids is 1. The van der Waals surface area contributed by atoms with E-state index >= 15 is 0 Å². The van der Waals surface area contributed by atoms with Crippen LogP contribution < -0.4 is 29.2 Å². The number of carbonyl (C=O) groups is 1. The highest BCUT2D eigenvalue weighted by Gasteiger charge is 2.34. The van der Waals surface area contributed by atoms with E-state index in [4.69, 9.17) is 30.5 Å². The number of aliphatic hydroxyl groups excluding tert-OH is 1. The number of rotatable bonds is 11. The number of anilines is 2. The van der Waals surface area contributed by atoms with E-state index in [-0.39, 0.29) is 19.1 Å². The first kappa shape index (κ1) is 28.3. The van der Waals surface area contributed by atoms with Crippen LogP contribution in [0, 0.1) is 0 Å². The highest BCUT2D eigenvalue weighted by Crippen LogP contribution is 2.38. The molecule has 2 N–H and O–H groups in total. The monoisotopic (exact) mass is 558 g/mol. The van der Waals surface area contributed by atoms with Crippen LogP contribution in [0.3, 0.4) is 0 Å². The van der Waals surface area contributed by atoms with Gasteiger partial charge in [0.25, 0.3) is 5.91 Å². The Kier molecular flexibility index (Phi) is 8.72. The lowest BCUT2D eigenvalue weighted by Crippen LogP contribution is -2.37. The Morgan fingerprint density at radius 3 is 2.54 bits per heavy atom. The van der Waals surface area contributed by atoms with E-state index in [1.807, 2.05) is 6.07 Å². The first-order chi connectivity index (χ1) is 18.6. The van der Waals surface area contributed by atoms with Gasteiger partial charge >= 0.3 is 0 Å². The van der Waals surface area contributed by atoms with E-state index in [2.05, 4.69) is 5.32 Å². The summed E-state index contributed by atoms with van der Waals surface area (Å²) in [5, 5.41) is 13.0. The number of methoxy groups -OCH3 is 2. The third-order valence-corrected chi connectivity index (χ3v) is 6.35. The molecule has 10 heteroatoms. The maximum absolute atomic E-state index is 14.2. The number of ether oxygens (including phenoxy) is 4. The van der Waals surface area contributed by atoms with Gasteiger partial charge in [-0.15, -0.1) is 0 Å². The van der Waals surface area contributed by atoms with Gasteiger partial charge in [0.15, 0.2) is 0 Å². The van der Waals surface area contributed by atoms with E-state index < -0.39 is 11.9 Å². The minimum Gasteiger partial charge on any atom is -0.497 e. The molecule has 1 heterocycles. The van der Waals surface area contributed by atoms with Crippen molar-refractivity contribution >= 4 is 28.9 Å². The molecular formula is C29H32ClFN2O6. The summed E-state index contributed by atoms with van der Waals surface area (Å²) < 4.78 is 36.2. The molecule has 0 aliphatic carbocycles. The van der Waals surface area contributed by atoms with Crippen molar-refractivity contribution in [1.82, 2.24) is 0 Å². The number of halogens is 2. The maximum atomic E-state index is 14.2. The van der Waals surface area contributed by atoms with Crippen LogP contribution in [0.15, 0.2) is 54.6 Å². The third-order valence-electron chi connectivity index (χ3n) is 6.12. The van der Waals surface area contributed by atoms with Gasteiger partial charge in [0.05, 0.1) is 26.5 Å². The zero-order valence-electron chi connectivity index (χ0n) is 22.3. The van der Waals surface area contributed by atoms with Crippen LogP contribution in [0.5, 0.6) is 23.0 Å². The summed E-state index contributed by atoms with van der Waals surface area (Å²) in [5.74, 6) is -0.403. The van der Waals surface area contributed by atoms with Crippen molar-refractivity contribution in [2.45, 2.75) is 32.2 Å². The molecule has 0 radical (unpaired) electrons. The van der Waals surface area contributed by atoms with E-state index in [1.54, 1.807) is 53.4 Å². The number of hydrogen-bond acceptors (Lipinski definition) is 7. The molecular weight excluding hydrogens is 527 g/mol. The van der Waals surface area contributed by atoms with Crippen molar-refractivity contribution in [2.75, 3.05) is 44.2 Å². The SMILES string of the molecule is COc1cc(NC(C(=O)N2CCc3ccc(OC(C)(C)F)cc32)c2ccc(Cl)cc2OC)cc(OCCO)c1.